The van der Waals surface area contributed by atoms with Gasteiger partial charge in [-0.2, -0.15) is 9.13 Å². The Hall–Kier alpha value is -2.78. The molecular formula is C31H40N2O4S2+2. The number of hydrogen-bond acceptors (Lipinski definition) is 6. The van der Waals surface area contributed by atoms with Crippen LogP contribution in [0.5, 0.6) is 11.5 Å². The first-order valence-electron chi connectivity index (χ1n) is 13.4. The number of benzene rings is 2. The van der Waals surface area contributed by atoms with Gasteiger partial charge >= 0.3 is 0 Å². The molecule has 4 aromatic rings. The molecule has 0 atom stereocenters. The van der Waals surface area contributed by atoms with Crippen LogP contribution in [0, 0.1) is 13.8 Å². The summed E-state index contributed by atoms with van der Waals surface area (Å²) in [6, 6.07) is 16.8. The fourth-order valence-corrected chi connectivity index (χ4v) is 6.39. The van der Waals surface area contributed by atoms with E-state index in [1.807, 2.05) is 0 Å². The highest BCUT2D eigenvalue weighted by molar-refractivity contribution is 7.09. The Kier molecular flexibility index (Phi) is 11.3. The summed E-state index contributed by atoms with van der Waals surface area (Å²) in [5, 5.41) is 0. The number of thiazole rings is 2. The summed E-state index contributed by atoms with van der Waals surface area (Å²) in [5.74, 6) is 1.81. The summed E-state index contributed by atoms with van der Waals surface area (Å²) in [5.41, 5.74) is 9.47. The van der Waals surface area contributed by atoms with Gasteiger partial charge in [0.05, 0.1) is 23.0 Å². The van der Waals surface area contributed by atoms with E-state index in [-0.39, 0.29) is 0 Å². The molecule has 0 fully saturated rings. The maximum atomic E-state index is 6.01. The molecule has 6 nitrogen and oxygen atoms in total. The van der Waals surface area contributed by atoms with Crippen LogP contribution >= 0.6 is 22.7 Å². The highest BCUT2D eigenvalue weighted by atomic mass is 32.1. The molecule has 8 heteroatoms. The number of methoxy groups -OCH3 is 2. The minimum Gasteiger partial charge on any atom is -0.487 e. The normalized spacial score (nSPS) is 11.2. The zero-order valence-electron chi connectivity index (χ0n) is 23.5. The van der Waals surface area contributed by atoms with Gasteiger partial charge in [-0.15, -0.1) is 0 Å². The molecule has 0 aliphatic heterocycles. The van der Waals surface area contributed by atoms with E-state index < -0.39 is 0 Å². The Bertz CT molecular complexity index is 1180. The third-order valence-corrected chi connectivity index (χ3v) is 9.12. The first kappa shape index (κ1) is 29.2. The minimum atomic E-state index is 0.645. The zero-order valence-corrected chi connectivity index (χ0v) is 25.1. The van der Waals surface area contributed by atoms with E-state index in [1.165, 1.54) is 32.3 Å². The summed E-state index contributed by atoms with van der Waals surface area (Å²) in [6.45, 7) is 8.82. The highest BCUT2D eigenvalue weighted by Gasteiger charge is 2.16. The van der Waals surface area contributed by atoms with Gasteiger partial charge in [0.2, 0.25) is 11.0 Å². The van der Waals surface area contributed by atoms with E-state index in [1.54, 1.807) is 36.9 Å². The number of nitrogens with zero attached hydrogens (tertiary/aromatic N) is 2. The maximum Gasteiger partial charge on any atom is 0.225 e. The van der Waals surface area contributed by atoms with Crippen molar-refractivity contribution >= 4 is 22.7 Å². The van der Waals surface area contributed by atoms with E-state index >= 15 is 0 Å². The Morgan fingerprint density at radius 1 is 0.590 bits per heavy atom. The van der Waals surface area contributed by atoms with Crippen LogP contribution in [-0.2, 0) is 41.8 Å². The number of aromatic nitrogens is 2. The van der Waals surface area contributed by atoms with Crippen molar-refractivity contribution in [1.29, 1.82) is 0 Å². The predicted molar refractivity (Wildman–Crippen MR) is 156 cm³/mol. The van der Waals surface area contributed by atoms with E-state index in [9.17, 15) is 0 Å². The van der Waals surface area contributed by atoms with Gasteiger partial charge < -0.3 is 18.9 Å². The number of rotatable bonds is 16. The van der Waals surface area contributed by atoms with Crippen molar-refractivity contribution in [2.24, 2.45) is 0 Å². The molecule has 0 saturated carbocycles. The van der Waals surface area contributed by atoms with Gasteiger partial charge in [-0.05, 0) is 41.8 Å². The molecule has 2 heterocycles. The molecule has 0 aliphatic carbocycles. The quantitative estimate of drug-likeness (QED) is 0.176. The molecule has 0 bridgehead atoms. The van der Waals surface area contributed by atoms with Crippen LogP contribution in [0.2, 0.25) is 0 Å². The van der Waals surface area contributed by atoms with Crippen molar-refractivity contribution < 1.29 is 28.1 Å². The third-order valence-electron chi connectivity index (χ3n) is 6.84. The van der Waals surface area contributed by atoms with E-state index in [2.05, 4.69) is 82.5 Å². The summed E-state index contributed by atoms with van der Waals surface area (Å²) in [6.07, 6.45) is 2.80. The Labute approximate surface area is 240 Å². The summed E-state index contributed by atoms with van der Waals surface area (Å²) in [7, 11) is 3.49. The van der Waals surface area contributed by atoms with Gasteiger partial charge in [-0.25, -0.2) is 0 Å². The molecule has 4 rings (SSSR count). The molecule has 39 heavy (non-hydrogen) atoms. The molecule has 0 aliphatic rings. The van der Waals surface area contributed by atoms with Crippen molar-refractivity contribution in [2.75, 3.05) is 40.6 Å². The second-order valence-electron chi connectivity index (χ2n) is 9.50. The fraction of sp³-hybridized carbons (Fsp3) is 0.419. The lowest BCUT2D eigenvalue weighted by atomic mass is 10.0. The molecule has 0 amide bonds. The average Bonchev–Trinajstić information content (AvgIpc) is 3.49. The van der Waals surface area contributed by atoms with E-state index in [4.69, 9.17) is 18.9 Å². The van der Waals surface area contributed by atoms with Crippen LogP contribution in [0.25, 0.3) is 0 Å². The van der Waals surface area contributed by atoms with Crippen molar-refractivity contribution in [3.63, 3.8) is 0 Å². The van der Waals surface area contributed by atoms with Crippen LogP contribution in [0.15, 0.2) is 59.6 Å². The molecule has 208 valence electrons. The van der Waals surface area contributed by atoms with E-state index in [0.29, 0.717) is 13.2 Å². The molecule has 2 aromatic carbocycles. The Balaban J connectivity index is 1.19. The summed E-state index contributed by atoms with van der Waals surface area (Å²) in [4.78, 5) is 2.75. The Morgan fingerprint density at radius 2 is 1.00 bits per heavy atom. The van der Waals surface area contributed by atoms with Crippen LogP contribution in [0.1, 0.15) is 32.3 Å². The summed E-state index contributed by atoms with van der Waals surface area (Å²) >= 11 is 3.57. The molecule has 2 aromatic heterocycles. The first-order valence-corrected chi connectivity index (χ1v) is 15.2. The average molecular weight is 569 g/mol. The lowest BCUT2D eigenvalue weighted by Crippen LogP contribution is -2.37. The van der Waals surface area contributed by atoms with Crippen molar-refractivity contribution in [3.05, 3.63) is 91.8 Å². The highest BCUT2D eigenvalue weighted by Crippen LogP contribution is 2.19. The fourth-order valence-electron chi connectivity index (χ4n) is 4.38. The molecule has 0 spiro atoms. The third kappa shape index (κ3) is 8.60. The molecule has 0 N–H and O–H groups in total. The largest absolute Gasteiger partial charge is 0.487 e. The molecular weight excluding hydrogens is 528 g/mol. The van der Waals surface area contributed by atoms with Gasteiger partial charge in [0.15, 0.2) is 24.5 Å². The molecule has 0 radical (unpaired) electrons. The standard InChI is InChI=1S/C31H40N2O4S2/c1-24-30(13-17-34-3)38-22-32(24)15-19-36-28-9-5-26(6-10-28)21-27-7-11-29(12-8-27)37-20-16-33-23-39-31(25(33)2)14-18-35-4/h5-12,22-23H,13-21H2,1-4H3/q+2. The number of hydrogen-bond donors (Lipinski definition) is 0. The summed E-state index contributed by atoms with van der Waals surface area (Å²) < 4.78 is 27.0. The van der Waals surface area contributed by atoms with Gasteiger partial charge in [0.1, 0.15) is 24.7 Å². The zero-order chi connectivity index (χ0) is 27.5. The smallest absolute Gasteiger partial charge is 0.225 e. The van der Waals surface area contributed by atoms with Crippen LogP contribution in [0.4, 0.5) is 0 Å². The monoisotopic (exact) mass is 568 g/mol. The van der Waals surface area contributed by atoms with Crippen LogP contribution in [0.3, 0.4) is 0 Å². The molecule has 0 unspecified atom stereocenters. The predicted octanol–water partition coefficient (Wildman–Crippen LogP) is 5.13. The van der Waals surface area contributed by atoms with Gasteiger partial charge in [0, 0.05) is 40.9 Å². The van der Waals surface area contributed by atoms with Crippen LogP contribution in [-0.4, -0.2) is 40.6 Å². The van der Waals surface area contributed by atoms with Crippen molar-refractivity contribution in [3.8, 4) is 11.5 Å². The topological polar surface area (TPSA) is 44.7 Å². The second kappa shape index (κ2) is 15.1. The van der Waals surface area contributed by atoms with Gasteiger partial charge in [-0.3, -0.25) is 0 Å². The number of ether oxygens (including phenoxy) is 4. The lowest BCUT2D eigenvalue weighted by Gasteiger charge is -2.08. The molecule has 0 saturated heterocycles. The second-order valence-corrected chi connectivity index (χ2v) is 11.4. The maximum absolute atomic E-state index is 6.01. The van der Waals surface area contributed by atoms with Crippen LogP contribution < -0.4 is 18.6 Å². The SMILES string of the molecule is COCCc1sc[n+](CCOc2ccc(Cc3ccc(OCC[n+]4csc(CCOC)c4C)cc3)cc2)c1C. The first-order chi connectivity index (χ1) is 19.1. The van der Waals surface area contributed by atoms with Gasteiger partial charge in [0.25, 0.3) is 0 Å². The lowest BCUT2D eigenvalue weighted by molar-refractivity contribution is -0.699. The Morgan fingerprint density at radius 3 is 1.38 bits per heavy atom. The van der Waals surface area contributed by atoms with Crippen molar-refractivity contribution in [2.45, 2.75) is 46.2 Å². The van der Waals surface area contributed by atoms with Gasteiger partial charge in [-0.1, -0.05) is 46.9 Å². The minimum absolute atomic E-state index is 0.645. The van der Waals surface area contributed by atoms with E-state index in [0.717, 1.165) is 57.1 Å². The van der Waals surface area contributed by atoms with Crippen molar-refractivity contribution in [1.82, 2.24) is 0 Å².